The summed E-state index contributed by atoms with van der Waals surface area (Å²) in [4.78, 5) is 11.8. The summed E-state index contributed by atoms with van der Waals surface area (Å²) in [5, 5.41) is 0. The van der Waals surface area contributed by atoms with Crippen molar-refractivity contribution < 1.29 is 61.6 Å². The molecular weight excluding hydrogens is 797 g/mol. The lowest BCUT2D eigenvalue weighted by atomic mass is 10.0. The van der Waals surface area contributed by atoms with Gasteiger partial charge in [-0.1, -0.05) is 116 Å². The summed E-state index contributed by atoms with van der Waals surface area (Å²) < 4.78 is 66.3. The van der Waals surface area contributed by atoms with Crippen LogP contribution in [0.1, 0.15) is 129 Å². The number of carbonyl (C=O) groups excluding carboxylic acids is 1. The van der Waals surface area contributed by atoms with Crippen LogP contribution in [0, 0.1) is 0 Å². The molecule has 0 aromatic heterocycles. The van der Waals surface area contributed by atoms with Crippen LogP contribution in [0.4, 0.5) is 0 Å². The predicted octanol–water partition coefficient (Wildman–Crippen LogP) is 8.99. The zero-order chi connectivity index (χ0) is 44.3. The van der Waals surface area contributed by atoms with Crippen LogP contribution in [0.25, 0.3) is 0 Å². The van der Waals surface area contributed by atoms with E-state index in [1.165, 1.54) is 95.5 Å². The Kier molecular flexibility index (Phi) is 46.9. The molecule has 0 heterocycles. The third kappa shape index (κ3) is 44.7. The lowest BCUT2D eigenvalue weighted by Gasteiger charge is -2.09. The topological polar surface area (TPSA) is 128 Å². The first kappa shape index (κ1) is 58.1. The first-order chi connectivity index (χ1) is 30.8. The van der Waals surface area contributed by atoms with Gasteiger partial charge in [0.15, 0.2) is 0 Å². The number of benzene rings is 1. The van der Waals surface area contributed by atoms with E-state index in [2.05, 4.69) is 38.1 Å². The molecule has 0 aliphatic heterocycles. The maximum absolute atomic E-state index is 11.8. The van der Waals surface area contributed by atoms with Gasteiger partial charge in [-0.05, 0) is 37.0 Å². The van der Waals surface area contributed by atoms with Crippen LogP contribution in [0.15, 0.2) is 24.3 Å². The molecule has 0 amide bonds. The van der Waals surface area contributed by atoms with Crippen molar-refractivity contribution in [2.24, 2.45) is 0 Å². The molecular formula is C49H90O13. The Bertz CT molecular complexity index is 1020. The molecule has 62 heavy (non-hydrogen) atoms. The van der Waals surface area contributed by atoms with Gasteiger partial charge in [-0.25, -0.2) is 0 Å². The second-order valence-electron chi connectivity index (χ2n) is 15.3. The van der Waals surface area contributed by atoms with E-state index in [0.717, 1.165) is 25.0 Å². The smallest absolute Gasteiger partial charge is 0.305 e. The summed E-state index contributed by atoms with van der Waals surface area (Å²) in [5.41, 5.74) is 1.38. The largest absolute Gasteiger partial charge is 0.491 e. The van der Waals surface area contributed by atoms with E-state index in [4.69, 9.17) is 56.8 Å². The van der Waals surface area contributed by atoms with E-state index in [1.807, 2.05) is 0 Å². The molecule has 0 atom stereocenters. The van der Waals surface area contributed by atoms with Crippen LogP contribution >= 0.6 is 0 Å². The van der Waals surface area contributed by atoms with Crippen molar-refractivity contribution >= 4 is 5.97 Å². The highest BCUT2D eigenvalue weighted by atomic mass is 16.6. The lowest BCUT2D eigenvalue weighted by molar-refractivity contribution is -0.145. The van der Waals surface area contributed by atoms with Gasteiger partial charge >= 0.3 is 5.97 Å². The standard InChI is InChI=1S/C49H90O13/c1-3-5-7-9-11-12-14-16-18-20-49(50)62-46-44-60-42-40-58-38-36-56-34-32-54-30-28-52-26-25-51-27-29-53-31-33-55-35-37-57-39-41-59-43-45-61-48-23-21-47(22-24-48)19-17-15-13-10-8-6-4-2/h21-24H,3-20,25-46H2,1-2H3. The molecule has 0 fully saturated rings. The minimum Gasteiger partial charge on any atom is -0.491 e. The molecule has 364 valence electrons. The molecule has 0 radical (unpaired) electrons. The number of aryl methyl sites for hydroxylation is 1. The van der Waals surface area contributed by atoms with Crippen LogP contribution in [0.5, 0.6) is 5.75 Å². The second-order valence-corrected chi connectivity index (χ2v) is 15.3. The van der Waals surface area contributed by atoms with Gasteiger partial charge in [-0.3, -0.25) is 4.79 Å². The number of esters is 1. The van der Waals surface area contributed by atoms with E-state index in [-0.39, 0.29) is 12.6 Å². The SMILES string of the molecule is CCCCCCCCCCCC(=O)OCCOCCOCCOCCOCCOCCOCCOCCOCCOCCOCCOc1ccc(CCCCCCCCC)cc1. The third-order valence-electron chi connectivity index (χ3n) is 9.81. The summed E-state index contributed by atoms with van der Waals surface area (Å²) in [6.07, 6.45) is 22.1. The highest BCUT2D eigenvalue weighted by Gasteiger charge is 2.03. The van der Waals surface area contributed by atoms with Crippen molar-refractivity contribution in [3.8, 4) is 5.75 Å². The number of carbonyl (C=O) groups is 1. The zero-order valence-electron chi connectivity index (χ0n) is 39.4. The molecule has 1 rings (SSSR count). The van der Waals surface area contributed by atoms with E-state index in [0.29, 0.717) is 145 Å². The van der Waals surface area contributed by atoms with Crippen LogP contribution < -0.4 is 4.74 Å². The van der Waals surface area contributed by atoms with Crippen LogP contribution in [-0.4, -0.2) is 151 Å². The fraction of sp³-hybridized carbons (Fsp3) is 0.857. The van der Waals surface area contributed by atoms with Gasteiger partial charge in [0, 0.05) is 6.42 Å². The summed E-state index contributed by atoms with van der Waals surface area (Å²) in [7, 11) is 0. The molecule has 0 unspecified atom stereocenters. The summed E-state index contributed by atoms with van der Waals surface area (Å²) in [6.45, 7) is 15.2. The normalized spacial score (nSPS) is 11.5. The van der Waals surface area contributed by atoms with E-state index in [9.17, 15) is 4.79 Å². The van der Waals surface area contributed by atoms with Gasteiger partial charge in [-0.15, -0.1) is 0 Å². The Balaban J connectivity index is 1.67. The number of unbranched alkanes of at least 4 members (excludes halogenated alkanes) is 14. The summed E-state index contributed by atoms with van der Waals surface area (Å²) in [5.74, 6) is 0.748. The van der Waals surface area contributed by atoms with Crippen molar-refractivity contribution in [2.75, 3.05) is 145 Å². The number of ether oxygens (including phenoxy) is 12. The minimum absolute atomic E-state index is 0.136. The second kappa shape index (κ2) is 50.1. The summed E-state index contributed by atoms with van der Waals surface area (Å²) >= 11 is 0. The van der Waals surface area contributed by atoms with Crippen LogP contribution in [-0.2, 0) is 63.3 Å². The molecule has 13 heteroatoms. The van der Waals surface area contributed by atoms with Crippen molar-refractivity contribution in [1.82, 2.24) is 0 Å². The van der Waals surface area contributed by atoms with Gasteiger partial charge in [0.1, 0.15) is 19.0 Å². The first-order valence-electron chi connectivity index (χ1n) is 24.4. The van der Waals surface area contributed by atoms with Gasteiger partial charge < -0.3 is 56.8 Å². The average Bonchev–Trinajstić information content (AvgIpc) is 3.28. The highest BCUT2D eigenvalue weighted by molar-refractivity contribution is 5.69. The Morgan fingerprint density at radius 3 is 0.984 bits per heavy atom. The summed E-state index contributed by atoms with van der Waals surface area (Å²) in [6, 6.07) is 8.45. The molecule has 1 aromatic carbocycles. The van der Waals surface area contributed by atoms with Gasteiger partial charge in [0.25, 0.3) is 0 Å². The number of hydrogen-bond acceptors (Lipinski definition) is 13. The minimum atomic E-state index is -0.136. The molecule has 0 aliphatic carbocycles. The average molecular weight is 887 g/mol. The fourth-order valence-corrected chi connectivity index (χ4v) is 6.20. The van der Waals surface area contributed by atoms with E-state index >= 15 is 0 Å². The van der Waals surface area contributed by atoms with Gasteiger partial charge in [-0.2, -0.15) is 0 Å². The van der Waals surface area contributed by atoms with Gasteiger partial charge in [0.05, 0.1) is 132 Å². The van der Waals surface area contributed by atoms with E-state index < -0.39 is 0 Å². The Labute approximate surface area is 377 Å². The molecule has 0 aliphatic rings. The Morgan fingerprint density at radius 2 is 0.629 bits per heavy atom. The lowest BCUT2D eigenvalue weighted by Crippen LogP contribution is -2.15. The highest BCUT2D eigenvalue weighted by Crippen LogP contribution is 2.15. The van der Waals surface area contributed by atoms with E-state index in [1.54, 1.807) is 0 Å². The fourth-order valence-electron chi connectivity index (χ4n) is 6.20. The zero-order valence-corrected chi connectivity index (χ0v) is 39.4. The third-order valence-corrected chi connectivity index (χ3v) is 9.81. The maximum Gasteiger partial charge on any atom is 0.305 e. The Hall–Kier alpha value is -1.91. The molecule has 0 spiro atoms. The Morgan fingerprint density at radius 1 is 0.339 bits per heavy atom. The molecule has 0 N–H and O–H groups in total. The van der Waals surface area contributed by atoms with Gasteiger partial charge in [0.2, 0.25) is 0 Å². The molecule has 13 nitrogen and oxygen atoms in total. The number of rotatable bonds is 52. The van der Waals surface area contributed by atoms with Crippen LogP contribution in [0.3, 0.4) is 0 Å². The number of hydrogen-bond donors (Lipinski definition) is 0. The molecule has 0 saturated heterocycles. The monoisotopic (exact) mass is 887 g/mol. The first-order valence-corrected chi connectivity index (χ1v) is 24.4. The van der Waals surface area contributed by atoms with Crippen LogP contribution in [0.2, 0.25) is 0 Å². The molecule has 0 saturated carbocycles. The maximum atomic E-state index is 11.8. The van der Waals surface area contributed by atoms with Crippen molar-refractivity contribution in [3.63, 3.8) is 0 Å². The van der Waals surface area contributed by atoms with Crippen molar-refractivity contribution in [3.05, 3.63) is 29.8 Å². The predicted molar refractivity (Wildman–Crippen MR) is 245 cm³/mol. The molecule has 1 aromatic rings. The molecule has 0 bridgehead atoms. The quantitative estimate of drug-likeness (QED) is 0.0457. The van der Waals surface area contributed by atoms with Crippen molar-refractivity contribution in [2.45, 2.75) is 129 Å². The van der Waals surface area contributed by atoms with Crippen molar-refractivity contribution in [1.29, 1.82) is 0 Å².